The molecule has 2 heteroatoms. The van der Waals surface area contributed by atoms with E-state index in [1.54, 1.807) is 6.92 Å². The number of Topliss-reactive ketones (excluding diaryl/α,β-unsaturated/α-hetero) is 1. The van der Waals surface area contributed by atoms with Crippen molar-refractivity contribution in [3.8, 4) is 0 Å². The van der Waals surface area contributed by atoms with E-state index in [1.807, 2.05) is 0 Å². The summed E-state index contributed by atoms with van der Waals surface area (Å²) in [6, 6.07) is 0.134. The Morgan fingerprint density at radius 1 is 1.55 bits per heavy atom. The van der Waals surface area contributed by atoms with Crippen LogP contribution in [-0.2, 0) is 4.79 Å². The Bertz CT molecular complexity index is 138. The fraction of sp³-hybridized carbons (Fsp3) is 0.889. The first-order chi connectivity index (χ1) is 5.20. The number of carbonyl (C=O) groups is 1. The van der Waals surface area contributed by atoms with E-state index in [0.717, 1.165) is 0 Å². The van der Waals surface area contributed by atoms with Crippen molar-refractivity contribution in [2.45, 2.75) is 45.1 Å². The van der Waals surface area contributed by atoms with E-state index in [1.165, 1.54) is 25.7 Å². The Kier molecular flexibility index (Phi) is 3.06. The van der Waals surface area contributed by atoms with Crippen LogP contribution in [0.25, 0.3) is 0 Å². The van der Waals surface area contributed by atoms with Gasteiger partial charge in [-0.1, -0.05) is 12.8 Å². The zero-order valence-corrected chi connectivity index (χ0v) is 7.18. The SMILES string of the molecule is CC(=O)CC(N)C1CCCC1. The van der Waals surface area contributed by atoms with Gasteiger partial charge in [0.2, 0.25) is 0 Å². The minimum absolute atomic E-state index is 0.134. The third kappa shape index (κ3) is 2.62. The molecule has 0 amide bonds. The van der Waals surface area contributed by atoms with Crippen LogP contribution in [0, 0.1) is 5.92 Å². The predicted molar refractivity (Wildman–Crippen MR) is 45.2 cm³/mol. The van der Waals surface area contributed by atoms with E-state index >= 15 is 0 Å². The maximum absolute atomic E-state index is 10.7. The van der Waals surface area contributed by atoms with E-state index in [9.17, 15) is 4.79 Å². The van der Waals surface area contributed by atoms with Crippen molar-refractivity contribution in [3.63, 3.8) is 0 Å². The Morgan fingerprint density at radius 3 is 2.55 bits per heavy atom. The number of hydrogen-bond donors (Lipinski definition) is 1. The second kappa shape index (κ2) is 3.86. The summed E-state index contributed by atoms with van der Waals surface area (Å²) in [5.74, 6) is 0.850. The third-order valence-corrected chi connectivity index (χ3v) is 2.53. The average molecular weight is 155 g/mol. The molecule has 0 aromatic carbocycles. The molecule has 2 N–H and O–H groups in total. The van der Waals surface area contributed by atoms with Gasteiger partial charge >= 0.3 is 0 Å². The molecular weight excluding hydrogens is 138 g/mol. The van der Waals surface area contributed by atoms with Gasteiger partial charge in [-0.15, -0.1) is 0 Å². The second-order valence-corrected chi connectivity index (χ2v) is 3.61. The van der Waals surface area contributed by atoms with Crippen LogP contribution in [0.5, 0.6) is 0 Å². The van der Waals surface area contributed by atoms with Crippen molar-refractivity contribution in [1.29, 1.82) is 0 Å². The Morgan fingerprint density at radius 2 is 2.09 bits per heavy atom. The Labute approximate surface area is 68.2 Å². The van der Waals surface area contributed by atoms with Crippen molar-refractivity contribution in [1.82, 2.24) is 0 Å². The third-order valence-electron chi connectivity index (χ3n) is 2.53. The lowest BCUT2D eigenvalue weighted by molar-refractivity contribution is -0.117. The first kappa shape index (κ1) is 8.72. The number of rotatable bonds is 3. The molecule has 0 aromatic heterocycles. The summed E-state index contributed by atoms with van der Waals surface area (Å²) in [5.41, 5.74) is 5.86. The van der Waals surface area contributed by atoms with Gasteiger partial charge in [-0.05, 0) is 25.7 Å². The molecule has 11 heavy (non-hydrogen) atoms. The van der Waals surface area contributed by atoms with Crippen LogP contribution in [0.15, 0.2) is 0 Å². The number of hydrogen-bond acceptors (Lipinski definition) is 2. The molecule has 0 aromatic rings. The van der Waals surface area contributed by atoms with Crippen LogP contribution >= 0.6 is 0 Å². The number of nitrogens with two attached hydrogens (primary N) is 1. The highest BCUT2D eigenvalue weighted by atomic mass is 16.1. The lowest BCUT2D eigenvalue weighted by atomic mass is 9.95. The average Bonchev–Trinajstić information content (AvgIpc) is 2.35. The normalized spacial score (nSPS) is 22.0. The van der Waals surface area contributed by atoms with Gasteiger partial charge in [-0.3, -0.25) is 4.79 Å². The van der Waals surface area contributed by atoms with Crippen LogP contribution in [0.2, 0.25) is 0 Å². The summed E-state index contributed by atoms with van der Waals surface area (Å²) in [4.78, 5) is 10.7. The first-order valence-electron chi connectivity index (χ1n) is 4.45. The molecule has 2 nitrogen and oxygen atoms in total. The lowest BCUT2D eigenvalue weighted by Gasteiger charge is -2.16. The number of ketones is 1. The summed E-state index contributed by atoms with van der Waals surface area (Å²) in [6.07, 6.45) is 5.64. The molecule has 1 rings (SSSR count). The van der Waals surface area contributed by atoms with E-state index in [-0.39, 0.29) is 11.8 Å². The van der Waals surface area contributed by atoms with Gasteiger partial charge < -0.3 is 5.73 Å². The fourth-order valence-corrected chi connectivity index (χ4v) is 1.88. The Balaban J connectivity index is 2.28. The highest BCUT2D eigenvalue weighted by molar-refractivity contribution is 5.76. The van der Waals surface area contributed by atoms with Crippen molar-refractivity contribution in [2.24, 2.45) is 11.7 Å². The summed E-state index contributed by atoms with van der Waals surface area (Å²) >= 11 is 0. The smallest absolute Gasteiger partial charge is 0.131 e. The van der Waals surface area contributed by atoms with Gasteiger partial charge in [0.15, 0.2) is 0 Å². The fourth-order valence-electron chi connectivity index (χ4n) is 1.88. The quantitative estimate of drug-likeness (QED) is 0.671. The minimum atomic E-state index is 0.134. The van der Waals surface area contributed by atoms with Crippen LogP contribution in [-0.4, -0.2) is 11.8 Å². The van der Waals surface area contributed by atoms with Crippen LogP contribution in [0.4, 0.5) is 0 Å². The molecule has 0 bridgehead atoms. The molecule has 1 unspecified atom stereocenters. The summed E-state index contributed by atoms with van der Waals surface area (Å²) in [5, 5.41) is 0. The standard InChI is InChI=1S/C9H17NO/c1-7(11)6-9(10)8-4-2-3-5-8/h8-9H,2-6,10H2,1H3. The van der Waals surface area contributed by atoms with Crippen molar-refractivity contribution < 1.29 is 4.79 Å². The molecule has 1 fully saturated rings. The molecule has 0 radical (unpaired) electrons. The summed E-state index contributed by atoms with van der Waals surface area (Å²) in [6.45, 7) is 1.62. The van der Waals surface area contributed by atoms with E-state index in [2.05, 4.69) is 0 Å². The van der Waals surface area contributed by atoms with Gasteiger partial charge in [0, 0.05) is 12.5 Å². The molecule has 0 heterocycles. The number of carbonyl (C=O) groups excluding carboxylic acids is 1. The molecule has 0 aliphatic heterocycles. The largest absolute Gasteiger partial charge is 0.327 e. The van der Waals surface area contributed by atoms with Gasteiger partial charge in [0.1, 0.15) is 5.78 Å². The summed E-state index contributed by atoms with van der Waals surface area (Å²) < 4.78 is 0. The minimum Gasteiger partial charge on any atom is -0.327 e. The highest BCUT2D eigenvalue weighted by Gasteiger charge is 2.22. The molecule has 1 saturated carbocycles. The van der Waals surface area contributed by atoms with Crippen LogP contribution in [0.1, 0.15) is 39.0 Å². The van der Waals surface area contributed by atoms with Crippen molar-refractivity contribution in [2.75, 3.05) is 0 Å². The maximum Gasteiger partial charge on any atom is 0.131 e. The molecule has 1 atom stereocenters. The molecule has 1 aliphatic carbocycles. The van der Waals surface area contributed by atoms with Crippen LogP contribution < -0.4 is 5.73 Å². The van der Waals surface area contributed by atoms with E-state index in [0.29, 0.717) is 12.3 Å². The zero-order chi connectivity index (χ0) is 8.27. The predicted octanol–water partition coefficient (Wildman–Crippen LogP) is 1.48. The first-order valence-corrected chi connectivity index (χ1v) is 4.45. The molecular formula is C9H17NO. The van der Waals surface area contributed by atoms with Crippen molar-refractivity contribution in [3.05, 3.63) is 0 Å². The molecule has 0 saturated heterocycles. The van der Waals surface area contributed by atoms with Crippen molar-refractivity contribution >= 4 is 5.78 Å². The van der Waals surface area contributed by atoms with Gasteiger partial charge in [0.25, 0.3) is 0 Å². The maximum atomic E-state index is 10.7. The highest BCUT2D eigenvalue weighted by Crippen LogP contribution is 2.27. The van der Waals surface area contributed by atoms with E-state index in [4.69, 9.17) is 5.73 Å². The monoisotopic (exact) mass is 155 g/mol. The summed E-state index contributed by atoms with van der Waals surface area (Å²) in [7, 11) is 0. The zero-order valence-electron chi connectivity index (χ0n) is 7.18. The molecule has 1 aliphatic rings. The molecule has 64 valence electrons. The second-order valence-electron chi connectivity index (χ2n) is 3.61. The topological polar surface area (TPSA) is 43.1 Å². The molecule has 0 spiro atoms. The Hall–Kier alpha value is -0.370. The van der Waals surface area contributed by atoms with Gasteiger partial charge in [-0.2, -0.15) is 0 Å². The lowest BCUT2D eigenvalue weighted by Crippen LogP contribution is -2.30. The van der Waals surface area contributed by atoms with E-state index < -0.39 is 0 Å². The van der Waals surface area contributed by atoms with Crippen LogP contribution in [0.3, 0.4) is 0 Å². The van der Waals surface area contributed by atoms with Gasteiger partial charge in [0.05, 0.1) is 0 Å². The van der Waals surface area contributed by atoms with Gasteiger partial charge in [-0.25, -0.2) is 0 Å².